The first-order chi connectivity index (χ1) is 9.61. The predicted molar refractivity (Wildman–Crippen MR) is 82.5 cm³/mol. The van der Waals surface area contributed by atoms with Gasteiger partial charge in [0.25, 0.3) is 0 Å². The van der Waals surface area contributed by atoms with Crippen molar-refractivity contribution in [3.63, 3.8) is 0 Å². The first kappa shape index (κ1) is 14.6. The highest BCUT2D eigenvalue weighted by atomic mass is 16.1. The second kappa shape index (κ2) is 6.57. The highest BCUT2D eigenvalue weighted by Crippen LogP contribution is 2.21. The minimum absolute atomic E-state index is 0.0208. The predicted octanol–water partition coefficient (Wildman–Crippen LogP) is 2.13. The molecule has 0 radical (unpaired) electrons. The molecule has 2 N–H and O–H groups in total. The van der Waals surface area contributed by atoms with E-state index in [0.717, 1.165) is 18.6 Å². The van der Waals surface area contributed by atoms with Crippen molar-refractivity contribution in [1.82, 2.24) is 15.2 Å². The smallest absolute Gasteiger partial charge is 0.239 e. The van der Waals surface area contributed by atoms with Crippen molar-refractivity contribution in [1.29, 1.82) is 0 Å². The average Bonchev–Trinajstić information content (AvgIpc) is 2.77. The van der Waals surface area contributed by atoms with E-state index < -0.39 is 0 Å². The normalized spacial score (nSPS) is 11.2. The van der Waals surface area contributed by atoms with Crippen LogP contribution in [-0.2, 0) is 17.9 Å². The van der Waals surface area contributed by atoms with E-state index in [1.807, 2.05) is 16.7 Å². The number of para-hydroxylation sites is 1. The number of likely N-dealkylation sites (N-methyl/N-ethyl adjacent to an activating group) is 1. The van der Waals surface area contributed by atoms with Gasteiger partial charge in [0, 0.05) is 30.7 Å². The monoisotopic (exact) mass is 273 g/mol. The Bertz CT molecular complexity index is 586. The molecule has 0 aliphatic heterocycles. The summed E-state index contributed by atoms with van der Waals surface area (Å²) in [5.74, 6) is 0.654. The quantitative estimate of drug-likeness (QED) is 0.847. The van der Waals surface area contributed by atoms with Gasteiger partial charge in [-0.2, -0.15) is 0 Å². The van der Waals surface area contributed by atoms with Gasteiger partial charge >= 0.3 is 0 Å². The number of fused-ring (bicyclic) bond motifs is 1. The van der Waals surface area contributed by atoms with Crippen LogP contribution in [0.3, 0.4) is 0 Å². The number of hydrogen-bond donors (Lipinski definition) is 2. The molecule has 1 aromatic carbocycles. The molecule has 0 saturated carbocycles. The lowest BCUT2D eigenvalue weighted by Crippen LogP contribution is -2.23. The molecule has 20 heavy (non-hydrogen) atoms. The molecule has 2 rings (SSSR count). The van der Waals surface area contributed by atoms with Gasteiger partial charge < -0.3 is 15.2 Å². The third-order valence-corrected chi connectivity index (χ3v) is 3.33. The highest BCUT2D eigenvalue weighted by molar-refractivity contribution is 5.86. The fourth-order valence-electron chi connectivity index (χ4n) is 2.32. The van der Waals surface area contributed by atoms with Crippen LogP contribution in [0.4, 0.5) is 0 Å². The molecule has 0 atom stereocenters. The third-order valence-electron chi connectivity index (χ3n) is 3.33. The maximum Gasteiger partial charge on any atom is 0.239 e. The van der Waals surface area contributed by atoms with Gasteiger partial charge in [0.1, 0.15) is 6.54 Å². The SMILES string of the molecule is CNC(=O)Cn1cc(CNCC(C)C)c2ccccc21. The lowest BCUT2D eigenvalue weighted by atomic mass is 10.1. The number of nitrogens with one attached hydrogen (secondary N) is 2. The zero-order valence-corrected chi connectivity index (χ0v) is 12.4. The van der Waals surface area contributed by atoms with Crippen LogP contribution in [0, 0.1) is 5.92 Å². The number of aromatic nitrogens is 1. The fourth-order valence-corrected chi connectivity index (χ4v) is 2.32. The van der Waals surface area contributed by atoms with Crippen molar-refractivity contribution < 1.29 is 4.79 Å². The zero-order valence-electron chi connectivity index (χ0n) is 12.4. The summed E-state index contributed by atoms with van der Waals surface area (Å²) in [4.78, 5) is 11.6. The topological polar surface area (TPSA) is 46.1 Å². The minimum Gasteiger partial charge on any atom is -0.358 e. The van der Waals surface area contributed by atoms with Crippen molar-refractivity contribution in [2.24, 2.45) is 5.92 Å². The van der Waals surface area contributed by atoms with Crippen LogP contribution in [0.25, 0.3) is 10.9 Å². The summed E-state index contributed by atoms with van der Waals surface area (Å²) >= 11 is 0. The van der Waals surface area contributed by atoms with Crippen molar-refractivity contribution in [3.05, 3.63) is 36.0 Å². The highest BCUT2D eigenvalue weighted by Gasteiger charge is 2.10. The first-order valence-corrected chi connectivity index (χ1v) is 7.10. The molecular formula is C16H23N3O. The van der Waals surface area contributed by atoms with Gasteiger partial charge in [0.15, 0.2) is 0 Å². The largest absolute Gasteiger partial charge is 0.358 e. The van der Waals surface area contributed by atoms with E-state index in [-0.39, 0.29) is 5.91 Å². The molecule has 0 fully saturated rings. The van der Waals surface area contributed by atoms with Crippen LogP contribution in [0.1, 0.15) is 19.4 Å². The number of carbonyl (C=O) groups excluding carboxylic acids is 1. The maximum atomic E-state index is 11.6. The second-order valence-electron chi connectivity index (χ2n) is 5.50. The maximum absolute atomic E-state index is 11.6. The van der Waals surface area contributed by atoms with E-state index in [2.05, 4.69) is 42.8 Å². The molecule has 1 heterocycles. The van der Waals surface area contributed by atoms with E-state index >= 15 is 0 Å². The number of carbonyl (C=O) groups is 1. The van der Waals surface area contributed by atoms with Gasteiger partial charge in [0.05, 0.1) is 0 Å². The first-order valence-electron chi connectivity index (χ1n) is 7.10. The molecule has 4 heteroatoms. The molecule has 0 aliphatic carbocycles. The van der Waals surface area contributed by atoms with Crippen LogP contribution in [0.2, 0.25) is 0 Å². The Hall–Kier alpha value is -1.81. The van der Waals surface area contributed by atoms with Crippen molar-refractivity contribution in [3.8, 4) is 0 Å². The van der Waals surface area contributed by atoms with Crippen LogP contribution < -0.4 is 10.6 Å². The van der Waals surface area contributed by atoms with Crippen LogP contribution in [0.15, 0.2) is 30.5 Å². The van der Waals surface area contributed by atoms with Crippen molar-refractivity contribution >= 4 is 16.8 Å². The van der Waals surface area contributed by atoms with Gasteiger partial charge in [-0.05, 0) is 24.1 Å². The number of benzene rings is 1. The zero-order chi connectivity index (χ0) is 14.5. The molecule has 0 unspecified atom stereocenters. The van der Waals surface area contributed by atoms with Crippen molar-refractivity contribution in [2.75, 3.05) is 13.6 Å². The molecular weight excluding hydrogens is 250 g/mol. The Kier molecular flexibility index (Phi) is 4.79. The Morgan fingerprint density at radius 3 is 2.75 bits per heavy atom. The summed E-state index contributed by atoms with van der Waals surface area (Å²) in [5, 5.41) is 7.35. The molecule has 4 nitrogen and oxygen atoms in total. The molecule has 2 aromatic rings. The summed E-state index contributed by atoms with van der Waals surface area (Å²) in [6, 6.07) is 8.22. The van der Waals surface area contributed by atoms with E-state index in [1.165, 1.54) is 10.9 Å². The number of hydrogen-bond acceptors (Lipinski definition) is 2. The van der Waals surface area contributed by atoms with Gasteiger partial charge in [-0.25, -0.2) is 0 Å². The fraction of sp³-hybridized carbons (Fsp3) is 0.438. The minimum atomic E-state index is 0.0208. The lowest BCUT2D eigenvalue weighted by molar-refractivity contribution is -0.121. The van der Waals surface area contributed by atoms with Gasteiger partial charge in [0.2, 0.25) is 5.91 Å². The Balaban J connectivity index is 2.23. The van der Waals surface area contributed by atoms with Crippen LogP contribution in [-0.4, -0.2) is 24.1 Å². The summed E-state index contributed by atoms with van der Waals surface area (Å²) in [7, 11) is 1.67. The summed E-state index contributed by atoms with van der Waals surface area (Å²) in [6.07, 6.45) is 2.08. The number of rotatable bonds is 6. The van der Waals surface area contributed by atoms with E-state index in [4.69, 9.17) is 0 Å². The lowest BCUT2D eigenvalue weighted by Gasteiger charge is -2.06. The Labute approximate surface area is 120 Å². The second-order valence-corrected chi connectivity index (χ2v) is 5.50. The number of nitrogens with zero attached hydrogens (tertiary/aromatic N) is 1. The molecule has 0 aliphatic rings. The van der Waals surface area contributed by atoms with Crippen LogP contribution in [0.5, 0.6) is 0 Å². The van der Waals surface area contributed by atoms with Gasteiger partial charge in [-0.1, -0.05) is 32.0 Å². The molecule has 1 amide bonds. The van der Waals surface area contributed by atoms with Gasteiger partial charge in [-0.3, -0.25) is 4.79 Å². The van der Waals surface area contributed by atoms with Crippen molar-refractivity contribution in [2.45, 2.75) is 26.9 Å². The molecule has 108 valence electrons. The molecule has 1 aromatic heterocycles. The molecule has 0 spiro atoms. The van der Waals surface area contributed by atoms with E-state index in [9.17, 15) is 4.79 Å². The summed E-state index contributed by atoms with van der Waals surface area (Å²) < 4.78 is 2.01. The molecule has 0 bridgehead atoms. The Morgan fingerprint density at radius 1 is 1.30 bits per heavy atom. The average molecular weight is 273 g/mol. The molecule has 0 saturated heterocycles. The summed E-state index contributed by atoms with van der Waals surface area (Å²) in [5.41, 5.74) is 2.35. The third kappa shape index (κ3) is 3.39. The van der Waals surface area contributed by atoms with E-state index in [1.54, 1.807) is 7.05 Å². The Morgan fingerprint density at radius 2 is 2.05 bits per heavy atom. The summed E-state index contributed by atoms with van der Waals surface area (Å²) in [6.45, 7) is 6.58. The van der Waals surface area contributed by atoms with E-state index in [0.29, 0.717) is 12.5 Å². The van der Waals surface area contributed by atoms with Gasteiger partial charge in [-0.15, -0.1) is 0 Å². The number of amides is 1. The van der Waals surface area contributed by atoms with Crippen LogP contribution >= 0.6 is 0 Å². The standard InChI is InChI=1S/C16H23N3O/c1-12(2)8-18-9-13-10-19(11-16(20)17-3)15-7-5-4-6-14(13)15/h4-7,10,12,18H,8-9,11H2,1-3H3,(H,17,20).